The Labute approximate surface area is 181 Å². The van der Waals surface area contributed by atoms with Crippen molar-refractivity contribution in [3.63, 3.8) is 0 Å². The van der Waals surface area contributed by atoms with Gasteiger partial charge in [0.15, 0.2) is 0 Å². The smallest absolute Gasteiger partial charge is 0.264 e. The molecule has 1 aromatic rings. The van der Waals surface area contributed by atoms with Crippen LogP contribution in [-0.2, 0) is 26.3 Å². The zero-order valence-corrected chi connectivity index (χ0v) is 18.3. The maximum Gasteiger partial charge on any atom is 0.264 e. The first-order chi connectivity index (χ1) is 13.5. The van der Waals surface area contributed by atoms with Gasteiger partial charge in [-0.3, -0.25) is 9.59 Å². The Kier molecular flexibility index (Phi) is 5.67. The second-order valence-electron chi connectivity index (χ2n) is 8.51. The summed E-state index contributed by atoms with van der Waals surface area (Å²) in [5.74, 6) is 0.0946. The minimum atomic E-state index is -0.408. The molecule has 1 aromatic heterocycles. The summed E-state index contributed by atoms with van der Waals surface area (Å²) in [6.07, 6.45) is 3.60. The lowest BCUT2D eigenvalue weighted by atomic mass is 9.86. The highest BCUT2D eigenvalue weighted by Gasteiger charge is 2.46. The molecule has 0 bridgehead atoms. The highest BCUT2D eigenvalue weighted by molar-refractivity contribution is 7.14. The molecule has 5 rings (SSSR count). The van der Waals surface area contributed by atoms with Crippen molar-refractivity contribution in [3.05, 3.63) is 21.4 Å². The molecule has 160 valence electrons. The van der Waals surface area contributed by atoms with E-state index >= 15 is 0 Å². The molecule has 1 N–H and O–H groups in total. The third-order valence-corrected chi connectivity index (χ3v) is 8.00. The standard InChI is InChI=1S/C20H27N3O4S.ClH/c1-22-12-19(27-11-16(22)24)5-8-23(13-19)18(25)15-10-14-2-9-26-20(17(14)28-15)3-6-21-7-4-20;/h10,21H,2-9,11-13H2,1H3;1H. The van der Waals surface area contributed by atoms with Crippen LogP contribution in [0, 0.1) is 0 Å². The minimum Gasteiger partial charge on any atom is -0.369 e. The third-order valence-electron chi connectivity index (χ3n) is 6.65. The van der Waals surface area contributed by atoms with Gasteiger partial charge in [0.25, 0.3) is 5.91 Å². The first kappa shape index (κ1) is 21.1. The first-order valence-corrected chi connectivity index (χ1v) is 11.0. The molecule has 1 atom stereocenters. The Morgan fingerprint density at radius 2 is 2.00 bits per heavy atom. The molecule has 4 aliphatic heterocycles. The zero-order valence-electron chi connectivity index (χ0n) is 16.7. The Bertz CT molecular complexity index is 810. The largest absolute Gasteiger partial charge is 0.369 e. The molecule has 29 heavy (non-hydrogen) atoms. The lowest BCUT2D eigenvalue weighted by Crippen LogP contribution is -2.54. The number of likely N-dealkylation sites (N-methyl/N-ethyl adjacent to an activating group) is 1. The fourth-order valence-electron chi connectivity index (χ4n) is 5.04. The van der Waals surface area contributed by atoms with Gasteiger partial charge in [-0.05, 0) is 50.4 Å². The number of piperidine rings is 1. The van der Waals surface area contributed by atoms with E-state index < -0.39 is 5.60 Å². The van der Waals surface area contributed by atoms with E-state index in [4.69, 9.17) is 9.47 Å². The first-order valence-electron chi connectivity index (χ1n) is 10.2. The van der Waals surface area contributed by atoms with Crippen LogP contribution < -0.4 is 5.32 Å². The maximum absolute atomic E-state index is 13.3. The van der Waals surface area contributed by atoms with Crippen LogP contribution in [-0.4, -0.2) is 80.2 Å². The van der Waals surface area contributed by atoms with Crippen LogP contribution in [0.15, 0.2) is 6.07 Å². The van der Waals surface area contributed by atoms with Gasteiger partial charge in [-0.1, -0.05) is 0 Å². The van der Waals surface area contributed by atoms with Gasteiger partial charge >= 0.3 is 0 Å². The van der Waals surface area contributed by atoms with Gasteiger partial charge in [-0.15, -0.1) is 23.7 Å². The van der Waals surface area contributed by atoms with Gasteiger partial charge in [0.05, 0.1) is 24.6 Å². The number of hydrogen-bond donors (Lipinski definition) is 1. The van der Waals surface area contributed by atoms with Gasteiger partial charge in [0.2, 0.25) is 5.91 Å². The highest BCUT2D eigenvalue weighted by atomic mass is 35.5. The predicted octanol–water partition coefficient (Wildman–Crippen LogP) is 1.39. The van der Waals surface area contributed by atoms with Crippen molar-refractivity contribution in [3.8, 4) is 0 Å². The molecule has 1 unspecified atom stereocenters. The summed E-state index contributed by atoms with van der Waals surface area (Å²) in [5, 5.41) is 3.41. The van der Waals surface area contributed by atoms with Crippen LogP contribution in [0.25, 0.3) is 0 Å². The fourth-order valence-corrected chi connectivity index (χ4v) is 6.42. The SMILES string of the molecule is CN1CC2(CCN(C(=O)c3cc4c(s3)C3(CCNCC3)OCC4)C2)OCC1=O.Cl. The number of morpholine rings is 1. The van der Waals surface area contributed by atoms with E-state index in [1.165, 1.54) is 10.4 Å². The van der Waals surface area contributed by atoms with E-state index in [9.17, 15) is 9.59 Å². The van der Waals surface area contributed by atoms with E-state index in [-0.39, 0.29) is 36.4 Å². The zero-order chi connectivity index (χ0) is 19.4. The number of nitrogens with zero attached hydrogens (tertiary/aromatic N) is 2. The molecule has 5 heterocycles. The monoisotopic (exact) mass is 441 g/mol. The molecule has 0 aliphatic carbocycles. The minimum absolute atomic E-state index is 0. The maximum atomic E-state index is 13.3. The summed E-state index contributed by atoms with van der Waals surface area (Å²) in [4.78, 5) is 30.7. The molecule has 4 aliphatic rings. The normalized spacial score (nSPS) is 28.5. The Hall–Kier alpha value is -1.19. The van der Waals surface area contributed by atoms with Crippen LogP contribution in [0.4, 0.5) is 0 Å². The van der Waals surface area contributed by atoms with Crippen LogP contribution >= 0.6 is 23.7 Å². The molecule has 0 radical (unpaired) electrons. The number of likely N-dealkylation sites (tertiary alicyclic amines) is 1. The number of rotatable bonds is 1. The quantitative estimate of drug-likeness (QED) is 0.713. The van der Waals surface area contributed by atoms with Crippen LogP contribution in [0.3, 0.4) is 0 Å². The predicted molar refractivity (Wildman–Crippen MR) is 112 cm³/mol. The van der Waals surface area contributed by atoms with E-state index in [1.54, 1.807) is 16.2 Å². The average molecular weight is 442 g/mol. The topological polar surface area (TPSA) is 71.1 Å². The van der Waals surface area contributed by atoms with E-state index in [1.807, 2.05) is 11.9 Å². The van der Waals surface area contributed by atoms with Crippen molar-refractivity contribution in [1.29, 1.82) is 0 Å². The summed E-state index contributed by atoms with van der Waals surface area (Å²) in [6, 6.07) is 2.09. The van der Waals surface area contributed by atoms with Crippen molar-refractivity contribution in [2.75, 3.05) is 53.0 Å². The number of carbonyl (C=O) groups excluding carboxylic acids is 2. The number of hydrogen-bond acceptors (Lipinski definition) is 6. The molecule has 9 heteroatoms. The van der Waals surface area contributed by atoms with Gasteiger partial charge < -0.3 is 24.6 Å². The van der Waals surface area contributed by atoms with Gasteiger partial charge in [0.1, 0.15) is 17.8 Å². The number of fused-ring (bicyclic) bond motifs is 2. The molecule has 2 spiro atoms. The number of nitrogens with one attached hydrogen (secondary N) is 1. The third kappa shape index (κ3) is 3.59. The average Bonchev–Trinajstić information content (AvgIpc) is 3.31. The molecule has 2 amide bonds. The van der Waals surface area contributed by atoms with E-state index in [0.29, 0.717) is 19.6 Å². The summed E-state index contributed by atoms with van der Waals surface area (Å²) in [5.41, 5.74) is 0.674. The second-order valence-corrected chi connectivity index (χ2v) is 9.56. The van der Waals surface area contributed by atoms with E-state index in [2.05, 4.69) is 11.4 Å². The summed E-state index contributed by atoms with van der Waals surface area (Å²) in [6.45, 7) is 4.54. The second kappa shape index (κ2) is 7.81. The van der Waals surface area contributed by atoms with Crippen molar-refractivity contribution >= 4 is 35.6 Å². The Morgan fingerprint density at radius 3 is 2.76 bits per heavy atom. The van der Waals surface area contributed by atoms with Crippen molar-refractivity contribution in [1.82, 2.24) is 15.1 Å². The number of carbonyl (C=O) groups is 2. The lowest BCUT2D eigenvalue weighted by molar-refractivity contribution is -0.158. The number of halogens is 1. The number of amides is 2. The summed E-state index contributed by atoms with van der Waals surface area (Å²) < 4.78 is 12.1. The van der Waals surface area contributed by atoms with Crippen LogP contribution in [0.5, 0.6) is 0 Å². The Balaban J connectivity index is 0.00000205. The van der Waals surface area contributed by atoms with E-state index in [0.717, 1.165) is 50.3 Å². The molecule has 0 saturated carbocycles. The summed E-state index contributed by atoms with van der Waals surface area (Å²) in [7, 11) is 1.81. The number of thiophene rings is 1. The van der Waals surface area contributed by atoms with Crippen LogP contribution in [0.1, 0.15) is 39.4 Å². The van der Waals surface area contributed by atoms with Gasteiger partial charge in [-0.2, -0.15) is 0 Å². The molecule has 0 aromatic carbocycles. The summed E-state index contributed by atoms with van der Waals surface area (Å²) >= 11 is 1.62. The molecule has 3 saturated heterocycles. The van der Waals surface area contributed by atoms with Crippen molar-refractivity contribution < 1.29 is 19.1 Å². The number of ether oxygens (including phenoxy) is 2. The lowest BCUT2D eigenvalue weighted by Gasteiger charge is -2.40. The molecular weight excluding hydrogens is 414 g/mol. The van der Waals surface area contributed by atoms with Gasteiger partial charge in [0, 0.05) is 18.5 Å². The fraction of sp³-hybridized carbons (Fsp3) is 0.700. The molecule has 3 fully saturated rings. The molecular formula is C20H28ClN3O4S. The highest BCUT2D eigenvalue weighted by Crippen LogP contribution is 2.45. The van der Waals surface area contributed by atoms with Crippen molar-refractivity contribution in [2.45, 2.75) is 36.9 Å². The Morgan fingerprint density at radius 1 is 1.21 bits per heavy atom. The molecule has 7 nitrogen and oxygen atoms in total. The van der Waals surface area contributed by atoms with Gasteiger partial charge in [-0.25, -0.2) is 0 Å². The van der Waals surface area contributed by atoms with Crippen molar-refractivity contribution in [2.24, 2.45) is 0 Å². The van der Waals surface area contributed by atoms with Crippen LogP contribution in [0.2, 0.25) is 0 Å².